The monoisotopic (exact) mass is 290 g/mol. The van der Waals surface area contributed by atoms with E-state index in [2.05, 4.69) is 11.1 Å². The Kier molecular flexibility index (Phi) is 4.66. The third-order valence-corrected chi connectivity index (χ3v) is 5.01. The van der Waals surface area contributed by atoms with Gasteiger partial charge < -0.3 is 5.11 Å². The second-order valence-corrected chi connectivity index (χ2v) is 6.52. The van der Waals surface area contributed by atoms with Crippen molar-refractivity contribution in [3.05, 3.63) is 22.9 Å². The molecule has 0 bridgehead atoms. The predicted octanol–water partition coefficient (Wildman–Crippen LogP) is 3.03. The lowest BCUT2D eigenvalue weighted by atomic mass is 9.95. The number of carboxylic acid groups (broad SMARTS) is 1. The fraction of sp³-hybridized carbons (Fsp3) is 0.533. The first-order chi connectivity index (χ1) is 9.52. The summed E-state index contributed by atoms with van der Waals surface area (Å²) in [5.74, 6) is -0.865. The van der Waals surface area contributed by atoms with Crippen molar-refractivity contribution in [1.82, 2.24) is 4.98 Å². The van der Waals surface area contributed by atoms with Crippen molar-refractivity contribution in [2.24, 2.45) is 5.92 Å². The van der Waals surface area contributed by atoms with Gasteiger partial charge in [-0.25, -0.2) is 4.98 Å². The molecule has 0 saturated heterocycles. The maximum absolute atomic E-state index is 11.3. The van der Waals surface area contributed by atoms with Crippen LogP contribution in [0.5, 0.6) is 0 Å². The molecule has 5 heteroatoms. The van der Waals surface area contributed by atoms with E-state index in [0.29, 0.717) is 10.6 Å². The Hall–Kier alpha value is -1.54. The molecule has 0 spiro atoms. The van der Waals surface area contributed by atoms with E-state index in [1.807, 2.05) is 19.9 Å². The molecule has 2 rings (SSSR count). The molecule has 1 heterocycles. The van der Waals surface area contributed by atoms with Crippen LogP contribution in [0.25, 0.3) is 0 Å². The molecule has 1 aromatic rings. The number of hydrogen-bond donors (Lipinski definition) is 1. The molecule has 1 aromatic heterocycles. The molecule has 1 atom stereocenters. The number of carboxylic acids is 1. The lowest BCUT2D eigenvalue weighted by molar-refractivity contribution is -0.137. The highest BCUT2D eigenvalue weighted by molar-refractivity contribution is 8.00. The third-order valence-electron chi connectivity index (χ3n) is 3.47. The minimum absolute atomic E-state index is 0.0122. The van der Waals surface area contributed by atoms with Crippen molar-refractivity contribution in [2.45, 2.75) is 49.8 Å². The van der Waals surface area contributed by atoms with E-state index in [1.165, 1.54) is 11.8 Å². The highest BCUT2D eigenvalue weighted by Gasteiger charge is 2.26. The number of rotatable bonds is 4. The molecule has 0 saturated carbocycles. The van der Waals surface area contributed by atoms with Gasteiger partial charge >= 0.3 is 5.97 Å². The number of nitriles is 1. The van der Waals surface area contributed by atoms with Gasteiger partial charge in [-0.3, -0.25) is 4.79 Å². The number of aromatic nitrogens is 1. The zero-order chi connectivity index (χ0) is 14.7. The minimum Gasteiger partial charge on any atom is -0.480 e. The molecular formula is C15H18N2O2S. The van der Waals surface area contributed by atoms with Gasteiger partial charge in [-0.05, 0) is 43.2 Å². The molecule has 20 heavy (non-hydrogen) atoms. The van der Waals surface area contributed by atoms with E-state index >= 15 is 0 Å². The van der Waals surface area contributed by atoms with Gasteiger partial charge in [-0.1, -0.05) is 25.6 Å². The van der Waals surface area contributed by atoms with Gasteiger partial charge in [0.15, 0.2) is 0 Å². The van der Waals surface area contributed by atoms with Crippen molar-refractivity contribution >= 4 is 17.7 Å². The summed E-state index contributed by atoms with van der Waals surface area (Å²) in [5, 5.41) is 18.5. The van der Waals surface area contributed by atoms with Crippen LogP contribution in [0.4, 0.5) is 0 Å². The van der Waals surface area contributed by atoms with Crippen molar-refractivity contribution in [3.8, 4) is 6.07 Å². The SMILES string of the molecule is CC(C)C(Sc1nc2c(cc1C#N)CCCC2)C(=O)O. The van der Waals surface area contributed by atoms with Crippen LogP contribution < -0.4 is 0 Å². The second-order valence-electron chi connectivity index (χ2n) is 5.39. The molecule has 0 fully saturated rings. The summed E-state index contributed by atoms with van der Waals surface area (Å²) in [6, 6.07) is 4.04. The molecule has 0 aromatic carbocycles. The summed E-state index contributed by atoms with van der Waals surface area (Å²) >= 11 is 1.20. The van der Waals surface area contributed by atoms with Gasteiger partial charge in [-0.2, -0.15) is 5.26 Å². The summed E-state index contributed by atoms with van der Waals surface area (Å²) in [4.78, 5) is 15.9. The van der Waals surface area contributed by atoms with Gasteiger partial charge in [0.25, 0.3) is 0 Å². The first kappa shape index (κ1) is 14.9. The number of aliphatic carboxylic acids is 1. The van der Waals surface area contributed by atoms with Crippen LogP contribution >= 0.6 is 11.8 Å². The fourth-order valence-electron chi connectivity index (χ4n) is 2.38. The molecule has 4 nitrogen and oxygen atoms in total. The summed E-state index contributed by atoms with van der Waals surface area (Å²) in [5.41, 5.74) is 2.68. The molecule has 106 valence electrons. The van der Waals surface area contributed by atoms with Crippen molar-refractivity contribution in [2.75, 3.05) is 0 Å². The fourth-order valence-corrected chi connectivity index (χ4v) is 3.38. The van der Waals surface area contributed by atoms with E-state index in [-0.39, 0.29) is 5.92 Å². The Bertz CT molecular complexity index is 564. The average Bonchev–Trinajstić information content (AvgIpc) is 2.42. The maximum Gasteiger partial charge on any atom is 0.317 e. The van der Waals surface area contributed by atoms with Crippen LogP contribution in [0.15, 0.2) is 11.1 Å². The number of aryl methyl sites for hydroxylation is 2. The zero-order valence-corrected chi connectivity index (χ0v) is 12.5. The quantitative estimate of drug-likeness (QED) is 0.863. The van der Waals surface area contributed by atoms with E-state index in [0.717, 1.165) is 36.9 Å². The third kappa shape index (κ3) is 3.13. The highest BCUT2D eigenvalue weighted by Crippen LogP contribution is 2.32. The van der Waals surface area contributed by atoms with Crippen molar-refractivity contribution in [1.29, 1.82) is 5.26 Å². The predicted molar refractivity (Wildman–Crippen MR) is 77.7 cm³/mol. The van der Waals surface area contributed by atoms with Crippen LogP contribution in [0.3, 0.4) is 0 Å². The van der Waals surface area contributed by atoms with Gasteiger partial charge in [0.05, 0.1) is 5.56 Å². The number of thioether (sulfide) groups is 1. The molecule has 1 N–H and O–H groups in total. The van der Waals surface area contributed by atoms with E-state index in [1.54, 1.807) is 0 Å². The number of carbonyl (C=O) groups is 1. The molecule has 1 aliphatic carbocycles. The lowest BCUT2D eigenvalue weighted by Crippen LogP contribution is -2.23. The van der Waals surface area contributed by atoms with Crippen LogP contribution in [-0.4, -0.2) is 21.3 Å². The standard InChI is InChI=1S/C15H18N2O2S/c1-9(2)13(15(18)19)20-14-11(8-16)7-10-5-3-4-6-12(10)17-14/h7,9,13H,3-6H2,1-2H3,(H,18,19). The van der Waals surface area contributed by atoms with E-state index in [4.69, 9.17) is 0 Å². The smallest absolute Gasteiger partial charge is 0.317 e. The molecular weight excluding hydrogens is 272 g/mol. The molecule has 1 aliphatic rings. The Morgan fingerprint density at radius 2 is 2.15 bits per heavy atom. The molecule has 0 amide bonds. The Morgan fingerprint density at radius 1 is 1.45 bits per heavy atom. The highest BCUT2D eigenvalue weighted by atomic mass is 32.2. The number of hydrogen-bond acceptors (Lipinski definition) is 4. The number of nitrogens with zero attached hydrogens (tertiary/aromatic N) is 2. The first-order valence-electron chi connectivity index (χ1n) is 6.85. The van der Waals surface area contributed by atoms with Crippen LogP contribution in [-0.2, 0) is 17.6 Å². The largest absolute Gasteiger partial charge is 0.480 e. The Morgan fingerprint density at radius 3 is 2.75 bits per heavy atom. The topological polar surface area (TPSA) is 74.0 Å². The first-order valence-corrected chi connectivity index (χ1v) is 7.73. The van der Waals surface area contributed by atoms with Crippen LogP contribution in [0.2, 0.25) is 0 Å². The Labute approximate surface area is 123 Å². The van der Waals surface area contributed by atoms with Crippen molar-refractivity contribution < 1.29 is 9.90 Å². The van der Waals surface area contributed by atoms with E-state index in [9.17, 15) is 15.2 Å². The summed E-state index contributed by atoms with van der Waals surface area (Å²) < 4.78 is 0. The molecule has 1 unspecified atom stereocenters. The second kappa shape index (κ2) is 6.27. The number of fused-ring (bicyclic) bond motifs is 1. The zero-order valence-electron chi connectivity index (χ0n) is 11.7. The van der Waals surface area contributed by atoms with E-state index < -0.39 is 11.2 Å². The number of pyridine rings is 1. The molecule has 0 radical (unpaired) electrons. The van der Waals surface area contributed by atoms with Gasteiger partial charge in [0, 0.05) is 5.69 Å². The average molecular weight is 290 g/mol. The molecule has 0 aliphatic heterocycles. The summed E-state index contributed by atoms with van der Waals surface area (Å²) in [6.07, 6.45) is 4.14. The Balaban J connectivity index is 2.35. The minimum atomic E-state index is -0.853. The van der Waals surface area contributed by atoms with Gasteiger partial charge in [-0.15, -0.1) is 0 Å². The van der Waals surface area contributed by atoms with Gasteiger partial charge in [0.2, 0.25) is 0 Å². The van der Waals surface area contributed by atoms with Crippen LogP contribution in [0.1, 0.15) is 43.5 Å². The van der Waals surface area contributed by atoms with Crippen molar-refractivity contribution in [3.63, 3.8) is 0 Å². The lowest BCUT2D eigenvalue weighted by Gasteiger charge is -2.19. The maximum atomic E-state index is 11.3. The normalized spacial score (nSPS) is 15.5. The van der Waals surface area contributed by atoms with Gasteiger partial charge in [0.1, 0.15) is 16.3 Å². The summed E-state index contributed by atoms with van der Waals surface area (Å²) in [7, 11) is 0. The van der Waals surface area contributed by atoms with Crippen LogP contribution in [0, 0.1) is 17.2 Å². The summed E-state index contributed by atoms with van der Waals surface area (Å²) in [6.45, 7) is 3.74.